The third kappa shape index (κ3) is 4.18. The van der Waals surface area contributed by atoms with Gasteiger partial charge in [-0.05, 0) is 31.2 Å². The van der Waals surface area contributed by atoms with Crippen molar-refractivity contribution in [3.63, 3.8) is 0 Å². The Bertz CT molecular complexity index is 953. The average Bonchev–Trinajstić information content (AvgIpc) is 2.65. The van der Waals surface area contributed by atoms with Gasteiger partial charge in [-0.2, -0.15) is 4.57 Å². The van der Waals surface area contributed by atoms with Gasteiger partial charge in [-0.1, -0.05) is 64.0 Å². The third-order valence-electron chi connectivity index (χ3n) is 3.85. The Balaban J connectivity index is 2.07. The second kappa shape index (κ2) is 8.25. The van der Waals surface area contributed by atoms with Crippen molar-refractivity contribution in [1.82, 2.24) is 0 Å². The maximum atomic E-state index is 11.0. The molecule has 0 spiro atoms. The standard InChI is InChI=1S/C21H17BrN2OS/c1-15-9-11-16(12-10-15)23-21(26)19(24-13-5-2-6-14-24)20(25)17-7-3-4-8-18(17)22/h2-14H,1H3,(H-,23,25,26)/p+1. The first-order chi connectivity index (χ1) is 12.6. The fraction of sp³-hybridized carbons (Fsp3) is 0.0476. The van der Waals surface area contributed by atoms with Crippen LogP contribution in [0.3, 0.4) is 0 Å². The van der Waals surface area contributed by atoms with E-state index in [-0.39, 0.29) is 5.76 Å². The van der Waals surface area contributed by atoms with Gasteiger partial charge in [0.2, 0.25) is 0 Å². The highest BCUT2D eigenvalue weighted by Gasteiger charge is 2.24. The predicted octanol–water partition coefficient (Wildman–Crippen LogP) is 5.37. The molecule has 0 aliphatic rings. The van der Waals surface area contributed by atoms with Crippen LogP contribution in [0.1, 0.15) is 11.1 Å². The molecule has 130 valence electrons. The summed E-state index contributed by atoms with van der Waals surface area (Å²) in [5.41, 5.74) is 3.22. The summed E-state index contributed by atoms with van der Waals surface area (Å²) in [6.07, 6.45) is 3.71. The lowest BCUT2D eigenvalue weighted by molar-refractivity contribution is -0.575. The fourth-order valence-electron chi connectivity index (χ4n) is 2.50. The lowest BCUT2D eigenvalue weighted by Gasteiger charge is -2.11. The zero-order valence-corrected chi connectivity index (χ0v) is 16.6. The number of aliphatic hydroxyl groups excluding tert-OH is 1. The molecular weight excluding hydrogens is 408 g/mol. The summed E-state index contributed by atoms with van der Waals surface area (Å²) in [5, 5.41) is 14.2. The molecule has 0 fully saturated rings. The molecule has 0 amide bonds. The Morgan fingerprint density at radius 2 is 1.62 bits per heavy atom. The van der Waals surface area contributed by atoms with Crippen LogP contribution in [0.2, 0.25) is 0 Å². The van der Waals surface area contributed by atoms with Crippen molar-refractivity contribution >= 4 is 50.3 Å². The highest BCUT2D eigenvalue weighted by molar-refractivity contribution is 9.10. The number of hydrogen-bond donors (Lipinski definition) is 2. The Hall–Kier alpha value is -2.50. The van der Waals surface area contributed by atoms with Gasteiger partial charge >= 0.3 is 0 Å². The second-order valence-electron chi connectivity index (χ2n) is 5.78. The van der Waals surface area contributed by atoms with Crippen LogP contribution in [-0.2, 0) is 0 Å². The Kier molecular flexibility index (Phi) is 5.81. The van der Waals surface area contributed by atoms with E-state index in [4.69, 9.17) is 12.2 Å². The first-order valence-electron chi connectivity index (χ1n) is 8.09. The number of aromatic nitrogens is 1. The molecule has 0 aliphatic heterocycles. The van der Waals surface area contributed by atoms with Gasteiger partial charge in [0.1, 0.15) is 0 Å². The van der Waals surface area contributed by atoms with Gasteiger partial charge < -0.3 is 10.4 Å². The maximum Gasteiger partial charge on any atom is 0.288 e. The van der Waals surface area contributed by atoms with E-state index >= 15 is 0 Å². The molecule has 3 nitrogen and oxygen atoms in total. The zero-order valence-electron chi connectivity index (χ0n) is 14.2. The van der Waals surface area contributed by atoms with Crippen molar-refractivity contribution in [2.24, 2.45) is 0 Å². The van der Waals surface area contributed by atoms with Crippen LogP contribution in [-0.4, -0.2) is 10.1 Å². The van der Waals surface area contributed by atoms with Crippen LogP contribution in [0.5, 0.6) is 0 Å². The van der Waals surface area contributed by atoms with Crippen molar-refractivity contribution < 1.29 is 9.67 Å². The Labute approximate surface area is 166 Å². The molecule has 3 rings (SSSR count). The number of rotatable bonds is 4. The van der Waals surface area contributed by atoms with Crippen LogP contribution < -0.4 is 9.88 Å². The van der Waals surface area contributed by atoms with Gasteiger partial charge in [-0.25, -0.2) is 0 Å². The van der Waals surface area contributed by atoms with E-state index in [1.54, 1.807) is 4.57 Å². The number of halogens is 1. The van der Waals surface area contributed by atoms with E-state index in [0.717, 1.165) is 10.2 Å². The molecule has 2 N–H and O–H groups in total. The number of thiocarbonyl (C=S) groups is 1. The minimum absolute atomic E-state index is 0.0956. The van der Waals surface area contributed by atoms with E-state index in [1.807, 2.05) is 86.0 Å². The van der Waals surface area contributed by atoms with E-state index in [9.17, 15) is 5.11 Å². The molecule has 1 aromatic heterocycles. The van der Waals surface area contributed by atoms with Gasteiger partial charge in [0, 0.05) is 27.9 Å². The smallest absolute Gasteiger partial charge is 0.288 e. The molecule has 0 atom stereocenters. The van der Waals surface area contributed by atoms with Crippen molar-refractivity contribution in [3.8, 4) is 0 Å². The van der Waals surface area contributed by atoms with Crippen molar-refractivity contribution in [3.05, 3.63) is 94.7 Å². The molecule has 26 heavy (non-hydrogen) atoms. The number of anilines is 1. The van der Waals surface area contributed by atoms with E-state index < -0.39 is 0 Å². The molecule has 0 unspecified atom stereocenters. The lowest BCUT2D eigenvalue weighted by Crippen LogP contribution is -2.38. The summed E-state index contributed by atoms with van der Waals surface area (Å²) in [5.74, 6) is 0.0956. The average molecular weight is 426 g/mol. The van der Waals surface area contributed by atoms with Gasteiger partial charge in [0.15, 0.2) is 23.1 Å². The van der Waals surface area contributed by atoms with E-state index in [2.05, 4.69) is 21.2 Å². The van der Waals surface area contributed by atoms with Crippen LogP contribution in [0.15, 0.2) is 83.6 Å². The van der Waals surface area contributed by atoms with Crippen molar-refractivity contribution in [2.75, 3.05) is 5.32 Å². The Morgan fingerprint density at radius 1 is 0.962 bits per heavy atom. The highest BCUT2D eigenvalue weighted by atomic mass is 79.9. The number of nitrogens with zero attached hydrogens (tertiary/aromatic N) is 1. The monoisotopic (exact) mass is 425 g/mol. The number of benzene rings is 2. The van der Waals surface area contributed by atoms with Crippen molar-refractivity contribution in [2.45, 2.75) is 6.92 Å². The first kappa shape index (κ1) is 18.3. The summed E-state index contributed by atoms with van der Waals surface area (Å²) in [6, 6.07) is 21.2. The van der Waals surface area contributed by atoms with Crippen molar-refractivity contribution in [1.29, 1.82) is 0 Å². The minimum atomic E-state index is 0.0956. The molecule has 0 saturated heterocycles. The zero-order chi connectivity index (χ0) is 18.5. The Morgan fingerprint density at radius 3 is 2.27 bits per heavy atom. The normalized spacial score (nSPS) is 11.6. The molecule has 2 aromatic carbocycles. The predicted molar refractivity (Wildman–Crippen MR) is 114 cm³/mol. The third-order valence-corrected chi connectivity index (χ3v) is 4.84. The topological polar surface area (TPSA) is 36.1 Å². The van der Waals surface area contributed by atoms with Gasteiger partial charge in [-0.15, -0.1) is 0 Å². The van der Waals surface area contributed by atoms with Crippen LogP contribution in [0, 0.1) is 6.92 Å². The highest BCUT2D eigenvalue weighted by Crippen LogP contribution is 2.25. The lowest BCUT2D eigenvalue weighted by atomic mass is 10.1. The molecule has 0 bridgehead atoms. The molecular formula is C21H18BrN2OS+. The minimum Gasteiger partial charge on any atom is -0.502 e. The molecule has 1 heterocycles. The molecule has 3 aromatic rings. The van der Waals surface area contributed by atoms with Gasteiger partial charge in [0.05, 0.1) is 0 Å². The summed E-state index contributed by atoms with van der Waals surface area (Å²) < 4.78 is 2.60. The number of hydrogen-bond acceptors (Lipinski definition) is 2. The van der Waals surface area contributed by atoms with Gasteiger partial charge in [0.25, 0.3) is 5.70 Å². The summed E-state index contributed by atoms with van der Waals surface area (Å²) in [4.78, 5) is 0.429. The van der Waals surface area contributed by atoms with Gasteiger partial charge in [-0.3, -0.25) is 0 Å². The van der Waals surface area contributed by atoms with Crippen LogP contribution >= 0.6 is 28.1 Å². The van der Waals surface area contributed by atoms with Crippen LogP contribution in [0.25, 0.3) is 11.5 Å². The largest absolute Gasteiger partial charge is 0.502 e. The second-order valence-corrected chi connectivity index (χ2v) is 7.04. The molecule has 0 saturated carbocycles. The quantitative estimate of drug-likeness (QED) is 0.255. The SMILES string of the molecule is Cc1ccc(NC(=S)/C(=C(\O)c2ccccc2Br)[n+]2ccccc2)cc1. The molecule has 0 aliphatic carbocycles. The maximum absolute atomic E-state index is 11.0. The fourth-order valence-corrected chi connectivity index (χ4v) is 3.30. The molecule has 0 radical (unpaired) electrons. The number of aliphatic hydroxyl groups is 1. The summed E-state index contributed by atoms with van der Waals surface area (Å²) >= 11 is 9.12. The summed E-state index contributed by atoms with van der Waals surface area (Å²) in [7, 11) is 0. The van der Waals surface area contributed by atoms with E-state index in [1.165, 1.54) is 5.56 Å². The summed E-state index contributed by atoms with van der Waals surface area (Å²) in [6.45, 7) is 2.03. The van der Waals surface area contributed by atoms with E-state index in [0.29, 0.717) is 16.2 Å². The number of pyridine rings is 1. The van der Waals surface area contributed by atoms with Crippen LogP contribution in [0.4, 0.5) is 5.69 Å². The number of nitrogens with one attached hydrogen (secondary N) is 1. The number of aryl methyl sites for hydroxylation is 1. The molecule has 5 heteroatoms. The first-order valence-corrected chi connectivity index (χ1v) is 9.29.